The van der Waals surface area contributed by atoms with Crippen molar-refractivity contribution in [3.8, 4) is 5.75 Å². The van der Waals surface area contributed by atoms with Gasteiger partial charge in [0.15, 0.2) is 5.76 Å². The number of amides is 2. The highest BCUT2D eigenvalue weighted by Crippen LogP contribution is 2.28. The molecule has 2 amide bonds. The summed E-state index contributed by atoms with van der Waals surface area (Å²) < 4.78 is 16.2. The van der Waals surface area contributed by atoms with Crippen LogP contribution >= 0.6 is 0 Å². The van der Waals surface area contributed by atoms with E-state index < -0.39 is 5.91 Å². The summed E-state index contributed by atoms with van der Waals surface area (Å²) in [6.45, 7) is 4.38. The fourth-order valence-electron chi connectivity index (χ4n) is 2.58. The zero-order valence-electron chi connectivity index (χ0n) is 14.6. The maximum atomic E-state index is 12.3. The number of nitrogens with one attached hydrogen (secondary N) is 2. The normalized spacial score (nSPS) is 10.7. The number of aryl methyl sites for hydroxylation is 1. The fraction of sp³-hybridized carbons (Fsp3) is 0.263. The average Bonchev–Trinajstić information content (AvgIpc) is 3.27. The van der Waals surface area contributed by atoms with Crippen LogP contribution in [0.2, 0.25) is 0 Å². The molecule has 0 saturated carbocycles. The van der Waals surface area contributed by atoms with E-state index in [2.05, 4.69) is 10.6 Å². The van der Waals surface area contributed by atoms with Gasteiger partial charge in [0, 0.05) is 10.9 Å². The van der Waals surface area contributed by atoms with Gasteiger partial charge in [-0.3, -0.25) is 9.59 Å². The lowest BCUT2D eigenvalue weighted by Gasteiger charge is -2.05. The van der Waals surface area contributed by atoms with Crippen molar-refractivity contribution in [1.29, 1.82) is 0 Å². The van der Waals surface area contributed by atoms with Crippen molar-refractivity contribution in [3.63, 3.8) is 0 Å². The first kappa shape index (κ1) is 17.6. The maximum absolute atomic E-state index is 12.3. The molecule has 2 heterocycles. The first-order chi connectivity index (χ1) is 12.6. The molecule has 136 valence electrons. The van der Waals surface area contributed by atoms with Gasteiger partial charge in [0.05, 0.1) is 26.0 Å². The van der Waals surface area contributed by atoms with Gasteiger partial charge in [0.1, 0.15) is 17.1 Å². The lowest BCUT2D eigenvalue weighted by atomic mass is 10.1. The van der Waals surface area contributed by atoms with Gasteiger partial charge in [-0.15, -0.1) is 0 Å². The molecule has 26 heavy (non-hydrogen) atoms. The zero-order valence-corrected chi connectivity index (χ0v) is 14.6. The summed E-state index contributed by atoms with van der Waals surface area (Å²) in [4.78, 5) is 24.2. The van der Waals surface area contributed by atoms with Crippen molar-refractivity contribution in [2.75, 3.05) is 13.2 Å². The topological polar surface area (TPSA) is 93.7 Å². The molecule has 0 fully saturated rings. The molecule has 0 aliphatic heterocycles. The van der Waals surface area contributed by atoms with Crippen LogP contribution in [0.3, 0.4) is 0 Å². The quantitative estimate of drug-likeness (QED) is 0.679. The highest BCUT2D eigenvalue weighted by Gasteiger charge is 2.18. The molecule has 2 N–H and O–H groups in total. The molecular weight excluding hydrogens is 336 g/mol. The molecule has 0 spiro atoms. The second-order valence-electron chi connectivity index (χ2n) is 5.69. The Morgan fingerprint density at radius 2 is 2.04 bits per heavy atom. The van der Waals surface area contributed by atoms with Crippen molar-refractivity contribution in [2.24, 2.45) is 0 Å². The van der Waals surface area contributed by atoms with Crippen molar-refractivity contribution in [2.45, 2.75) is 20.4 Å². The van der Waals surface area contributed by atoms with Gasteiger partial charge in [0.25, 0.3) is 5.91 Å². The third kappa shape index (κ3) is 3.88. The molecule has 0 aliphatic rings. The van der Waals surface area contributed by atoms with Crippen LogP contribution in [0.15, 0.2) is 45.4 Å². The predicted molar refractivity (Wildman–Crippen MR) is 95.0 cm³/mol. The Morgan fingerprint density at radius 3 is 2.77 bits per heavy atom. The van der Waals surface area contributed by atoms with E-state index in [1.54, 1.807) is 31.2 Å². The van der Waals surface area contributed by atoms with Crippen LogP contribution in [0.5, 0.6) is 5.75 Å². The minimum atomic E-state index is -0.440. The van der Waals surface area contributed by atoms with Crippen LogP contribution in [0.1, 0.15) is 28.8 Å². The van der Waals surface area contributed by atoms with Crippen LogP contribution in [0, 0.1) is 6.92 Å². The van der Waals surface area contributed by atoms with Gasteiger partial charge in [-0.2, -0.15) is 0 Å². The molecule has 0 bridgehead atoms. The van der Waals surface area contributed by atoms with Crippen molar-refractivity contribution >= 4 is 22.8 Å². The molecule has 0 saturated heterocycles. The SMILES string of the molecule is CCOc1ccc2oc(C(=O)NCC(=O)NCc3ccco3)c(C)c2c1. The summed E-state index contributed by atoms with van der Waals surface area (Å²) in [7, 11) is 0. The Balaban J connectivity index is 1.62. The lowest BCUT2D eigenvalue weighted by Crippen LogP contribution is -2.36. The summed E-state index contributed by atoms with van der Waals surface area (Å²) in [6.07, 6.45) is 1.53. The van der Waals surface area contributed by atoms with Gasteiger partial charge in [-0.1, -0.05) is 0 Å². The third-order valence-electron chi connectivity index (χ3n) is 3.87. The molecule has 3 rings (SSSR count). The van der Waals surface area contributed by atoms with E-state index in [0.717, 1.165) is 5.39 Å². The van der Waals surface area contributed by atoms with Crippen molar-refractivity contribution in [1.82, 2.24) is 10.6 Å². The number of benzene rings is 1. The molecule has 3 aromatic rings. The highest BCUT2D eigenvalue weighted by atomic mass is 16.5. The molecule has 0 radical (unpaired) electrons. The zero-order chi connectivity index (χ0) is 18.5. The number of rotatable bonds is 7. The number of carbonyl (C=O) groups excluding carboxylic acids is 2. The number of ether oxygens (including phenoxy) is 1. The second-order valence-corrected chi connectivity index (χ2v) is 5.69. The second kappa shape index (κ2) is 7.77. The average molecular weight is 356 g/mol. The summed E-state index contributed by atoms with van der Waals surface area (Å²) >= 11 is 0. The summed E-state index contributed by atoms with van der Waals surface area (Å²) in [5.74, 6) is 0.788. The standard InChI is InChI=1S/C19H20N2O5/c1-3-24-13-6-7-16-15(9-13)12(2)18(26-16)19(23)21-11-17(22)20-10-14-5-4-8-25-14/h4-9H,3,10-11H2,1-2H3,(H,20,22)(H,21,23). The van der Waals surface area contributed by atoms with Crippen LogP contribution in [0.25, 0.3) is 11.0 Å². The molecule has 0 atom stereocenters. The summed E-state index contributed by atoms with van der Waals surface area (Å²) in [5, 5.41) is 6.03. The van der Waals surface area contributed by atoms with Crippen LogP contribution in [0.4, 0.5) is 0 Å². The summed E-state index contributed by atoms with van der Waals surface area (Å²) in [5.41, 5.74) is 1.30. The van der Waals surface area contributed by atoms with Crippen LogP contribution < -0.4 is 15.4 Å². The van der Waals surface area contributed by atoms with Gasteiger partial charge in [-0.25, -0.2) is 0 Å². The molecule has 0 aliphatic carbocycles. The van der Waals surface area contributed by atoms with E-state index in [1.165, 1.54) is 6.26 Å². The van der Waals surface area contributed by atoms with Crippen molar-refractivity contribution in [3.05, 3.63) is 53.7 Å². The van der Waals surface area contributed by atoms with E-state index in [4.69, 9.17) is 13.6 Å². The van der Waals surface area contributed by atoms with E-state index in [-0.39, 0.29) is 24.8 Å². The van der Waals surface area contributed by atoms with Gasteiger partial charge in [-0.05, 0) is 44.2 Å². The predicted octanol–water partition coefficient (Wildman–Crippen LogP) is 2.78. The smallest absolute Gasteiger partial charge is 0.287 e. The van der Waals surface area contributed by atoms with E-state index in [9.17, 15) is 9.59 Å². The van der Waals surface area contributed by atoms with E-state index >= 15 is 0 Å². The Labute approximate surface area is 150 Å². The third-order valence-corrected chi connectivity index (χ3v) is 3.87. The lowest BCUT2D eigenvalue weighted by molar-refractivity contribution is -0.120. The molecule has 0 unspecified atom stereocenters. The van der Waals surface area contributed by atoms with Gasteiger partial charge in [0.2, 0.25) is 5.91 Å². The van der Waals surface area contributed by atoms with Crippen molar-refractivity contribution < 1.29 is 23.2 Å². The minimum absolute atomic E-state index is 0.153. The molecule has 7 heteroatoms. The fourth-order valence-corrected chi connectivity index (χ4v) is 2.58. The number of fused-ring (bicyclic) bond motifs is 1. The van der Waals surface area contributed by atoms with Gasteiger partial charge >= 0.3 is 0 Å². The highest BCUT2D eigenvalue weighted by molar-refractivity contribution is 6.00. The Hall–Kier alpha value is -3.22. The number of hydrogen-bond donors (Lipinski definition) is 2. The number of carbonyl (C=O) groups is 2. The van der Waals surface area contributed by atoms with Crippen LogP contribution in [-0.4, -0.2) is 25.0 Å². The minimum Gasteiger partial charge on any atom is -0.494 e. The molecule has 7 nitrogen and oxygen atoms in total. The number of furan rings is 2. The first-order valence-electron chi connectivity index (χ1n) is 8.31. The summed E-state index contributed by atoms with van der Waals surface area (Å²) in [6, 6.07) is 8.89. The Kier molecular flexibility index (Phi) is 5.26. The van der Waals surface area contributed by atoms with E-state index in [0.29, 0.717) is 29.3 Å². The first-order valence-corrected chi connectivity index (χ1v) is 8.31. The molecule has 2 aromatic heterocycles. The number of hydrogen-bond acceptors (Lipinski definition) is 5. The van der Waals surface area contributed by atoms with Crippen LogP contribution in [-0.2, 0) is 11.3 Å². The molecule has 1 aromatic carbocycles. The Morgan fingerprint density at radius 1 is 1.19 bits per heavy atom. The largest absolute Gasteiger partial charge is 0.494 e. The van der Waals surface area contributed by atoms with Gasteiger partial charge < -0.3 is 24.2 Å². The van der Waals surface area contributed by atoms with E-state index in [1.807, 2.05) is 13.0 Å². The monoisotopic (exact) mass is 356 g/mol. The Bertz CT molecular complexity index is 912. The molecular formula is C19H20N2O5. The maximum Gasteiger partial charge on any atom is 0.287 e.